The van der Waals surface area contributed by atoms with Gasteiger partial charge < -0.3 is 10.1 Å². The summed E-state index contributed by atoms with van der Waals surface area (Å²) in [5.74, 6) is 0. The predicted molar refractivity (Wildman–Crippen MR) is 34.1 cm³/mol. The van der Waals surface area contributed by atoms with E-state index >= 15 is 0 Å². The Morgan fingerprint density at radius 2 is 2.00 bits per heavy atom. The van der Waals surface area contributed by atoms with E-state index in [2.05, 4.69) is 5.32 Å². The summed E-state index contributed by atoms with van der Waals surface area (Å²) in [6.07, 6.45) is 0.626. The fraction of sp³-hybridized carbons (Fsp3) is 0.667. The highest BCUT2D eigenvalue weighted by Gasteiger charge is 2.04. The van der Waals surface area contributed by atoms with Gasteiger partial charge in [0.1, 0.15) is 6.29 Å². The molecule has 0 saturated heterocycles. The van der Waals surface area contributed by atoms with Crippen molar-refractivity contribution in [3.8, 4) is 0 Å². The maximum Gasteiger partial charge on any atom is 0.133 e. The Labute approximate surface area is 52.6 Å². The van der Waals surface area contributed by atoms with Gasteiger partial charge in [-0.3, -0.25) is 0 Å². The van der Waals surface area contributed by atoms with Crippen molar-refractivity contribution >= 4 is 29.8 Å². The van der Waals surface area contributed by atoms with Crippen LogP contribution in [0.15, 0.2) is 0 Å². The molecule has 36 valence electrons. The molecular formula is C3H4B3NO. The van der Waals surface area contributed by atoms with Crippen molar-refractivity contribution in [2.24, 2.45) is 0 Å². The van der Waals surface area contributed by atoms with Gasteiger partial charge in [0.25, 0.3) is 0 Å². The molecule has 0 aromatic rings. The molecule has 0 rings (SSSR count). The van der Waals surface area contributed by atoms with E-state index in [9.17, 15) is 4.79 Å². The molecule has 0 aliphatic carbocycles. The number of rotatable bonds is 3. The maximum atomic E-state index is 9.62. The van der Waals surface area contributed by atoms with Crippen molar-refractivity contribution in [2.75, 3.05) is 6.54 Å². The van der Waals surface area contributed by atoms with Gasteiger partial charge in [0, 0.05) is 0 Å². The van der Waals surface area contributed by atoms with Crippen molar-refractivity contribution in [1.82, 2.24) is 5.32 Å². The molecule has 0 aromatic carbocycles. The largest absolute Gasteiger partial charge is 0.330 e. The molecule has 0 fully saturated rings. The second-order valence-electron chi connectivity index (χ2n) is 1.48. The fourth-order valence-corrected chi connectivity index (χ4v) is 0.218. The number of hydrogen-bond donors (Lipinski definition) is 1. The molecule has 0 bridgehead atoms. The smallest absolute Gasteiger partial charge is 0.133 e. The number of hydrogen-bond acceptors (Lipinski definition) is 2. The van der Waals surface area contributed by atoms with Gasteiger partial charge in [-0.2, -0.15) is 0 Å². The molecule has 0 heterocycles. The second kappa shape index (κ2) is 2.97. The first-order valence-electron chi connectivity index (χ1n) is 2.11. The average Bonchev–Trinajstić information content (AvgIpc) is 1.59. The van der Waals surface area contributed by atoms with E-state index in [1.165, 1.54) is 0 Å². The third-order valence-corrected chi connectivity index (χ3v) is 0.492. The van der Waals surface area contributed by atoms with Gasteiger partial charge in [-0.15, -0.1) is 0 Å². The fourth-order valence-electron chi connectivity index (χ4n) is 0.218. The summed E-state index contributed by atoms with van der Waals surface area (Å²) in [6, 6.07) is 0. The highest BCUT2D eigenvalue weighted by atomic mass is 16.1. The number of aldehydes is 1. The third kappa shape index (κ3) is 5.82. The quantitative estimate of drug-likeness (QED) is 0.327. The highest BCUT2D eigenvalue weighted by molar-refractivity contribution is 6.59. The third-order valence-electron chi connectivity index (χ3n) is 0.492. The molecule has 1 N–H and O–H groups in total. The minimum absolute atomic E-state index is 0.0729. The number of nitrogens with one attached hydrogen (secondary N) is 1. The molecule has 0 saturated carbocycles. The van der Waals surface area contributed by atoms with Gasteiger partial charge in [-0.05, 0) is 0 Å². The van der Waals surface area contributed by atoms with Crippen LogP contribution in [0.4, 0.5) is 0 Å². The molecule has 0 amide bonds. The molecule has 0 atom stereocenters. The van der Waals surface area contributed by atoms with Crippen LogP contribution in [0.5, 0.6) is 0 Å². The lowest BCUT2D eigenvalue weighted by Gasteiger charge is -2.19. The zero-order valence-electron chi connectivity index (χ0n) is 4.42. The van der Waals surface area contributed by atoms with Crippen LogP contribution in [0.2, 0.25) is 0 Å². The van der Waals surface area contributed by atoms with Crippen molar-refractivity contribution in [2.45, 2.75) is 5.24 Å². The maximum absolute atomic E-state index is 9.62. The van der Waals surface area contributed by atoms with Gasteiger partial charge in [0.2, 0.25) is 0 Å². The summed E-state index contributed by atoms with van der Waals surface area (Å²) in [7, 11) is 15.0. The van der Waals surface area contributed by atoms with E-state index in [4.69, 9.17) is 23.5 Å². The zero-order valence-corrected chi connectivity index (χ0v) is 4.42. The molecular weight excluding hydrogens is 98.5 g/mol. The first-order valence-corrected chi connectivity index (χ1v) is 2.11. The molecule has 0 aliphatic rings. The number of carbonyl (C=O) groups is 1. The molecule has 0 aliphatic heterocycles. The van der Waals surface area contributed by atoms with Crippen LogP contribution in [-0.4, -0.2) is 41.6 Å². The molecule has 0 unspecified atom stereocenters. The molecule has 2 nitrogen and oxygen atoms in total. The van der Waals surface area contributed by atoms with E-state index in [-0.39, 0.29) is 6.54 Å². The molecule has 6 radical (unpaired) electrons. The highest BCUT2D eigenvalue weighted by Crippen LogP contribution is 1.77. The Morgan fingerprint density at radius 3 is 2.12 bits per heavy atom. The van der Waals surface area contributed by atoms with Crippen LogP contribution in [0, 0.1) is 0 Å². The summed E-state index contributed by atoms with van der Waals surface area (Å²) in [5, 5.41) is 0.907. The lowest BCUT2D eigenvalue weighted by molar-refractivity contribution is -0.107. The molecule has 8 heavy (non-hydrogen) atoms. The molecule has 0 spiro atoms. The first kappa shape index (κ1) is 7.82. The van der Waals surface area contributed by atoms with Crippen LogP contribution >= 0.6 is 0 Å². The minimum atomic E-state index is -1.43. The molecule has 5 heteroatoms. The van der Waals surface area contributed by atoms with Gasteiger partial charge >= 0.3 is 0 Å². The summed E-state index contributed by atoms with van der Waals surface area (Å²) in [5.41, 5.74) is 0. The Bertz CT molecular complexity index is 79.1. The first-order chi connectivity index (χ1) is 3.56. The van der Waals surface area contributed by atoms with Crippen LogP contribution in [0.25, 0.3) is 0 Å². The normalized spacial score (nSPS) is 11.0. The van der Waals surface area contributed by atoms with Gasteiger partial charge in [-0.1, -0.05) is 5.24 Å². The van der Waals surface area contributed by atoms with E-state index in [0.29, 0.717) is 6.29 Å². The SMILES string of the molecule is [B]C([B])([B])NCC=O. The Balaban J connectivity index is 3.24. The summed E-state index contributed by atoms with van der Waals surface area (Å²) in [6.45, 7) is 0.0729. The molecule has 0 aromatic heterocycles. The van der Waals surface area contributed by atoms with E-state index in [0.717, 1.165) is 0 Å². The second-order valence-corrected chi connectivity index (χ2v) is 1.48. The van der Waals surface area contributed by atoms with Crippen molar-refractivity contribution in [3.05, 3.63) is 0 Å². The van der Waals surface area contributed by atoms with Crippen molar-refractivity contribution in [3.63, 3.8) is 0 Å². The van der Waals surface area contributed by atoms with E-state index in [1.807, 2.05) is 0 Å². The lowest BCUT2D eigenvalue weighted by atomic mass is 9.49. The Kier molecular flexibility index (Phi) is 2.91. The lowest BCUT2D eigenvalue weighted by Crippen LogP contribution is -2.47. The minimum Gasteiger partial charge on any atom is -0.330 e. The zero-order chi connectivity index (χ0) is 6.62. The summed E-state index contributed by atoms with van der Waals surface area (Å²) >= 11 is 0. The van der Waals surface area contributed by atoms with Gasteiger partial charge in [0.15, 0.2) is 0 Å². The van der Waals surface area contributed by atoms with Crippen LogP contribution in [0.3, 0.4) is 0 Å². The Morgan fingerprint density at radius 1 is 1.50 bits per heavy atom. The average molecular weight is 103 g/mol. The standard InChI is InChI=1S/C3H4B3NO/c4-3(5,6)7-1-2-8/h2,7H,1H2. The van der Waals surface area contributed by atoms with E-state index < -0.39 is 5.24 Å². The van der Waals surface area contributed by atoms with Crippen LogP contribution in [-0.2, 0) is 4.79 Å². The van der Waals surface area contributed by atoms with E-state index in [1.54, 1.807) is 0 Å². The van der Waals surface area contributed by atoms with Gasteiger partial charge in [0.05, 0.1) is 30.1 Å². The predicted octanol–water partition coefficient (Wildman–Crippen LogP) is -2.11. The van der Waals surface area contributed by atoms with Crippen molar-refractivity contribution < 1.29 is 4.79 Å². The Hall–Kier alpha value is -0.175. The number of carbonyl (C=O) groups excluding carboxylic acids is 1. The van der Waals surface area contributed by atoms with Crippen molar-refractivity contribution in [1.29, 1.82) is 0 Å². The van der Waals surface area contributed by atoms with Gasteiger partial charge in [-0.25, -0.2) is 0 Å². The monoisotopic (exact) mass is 103 g/mol. The summed E-state index contributed by atoms with van der Waals surface area (Å²) in [4.78, 5) is 9.62. The topological polar surface area (TPSA) is 29.1 Å². The van der Waals surface area contributed by atoms with Crippen LogP contribution in [0.1, 0.15) is 0 Å². The van der Waals surface area contributed by atoms with Crippen LogP contribution < -0.4 is 5.32 Å². The summed E-state index contributed by atoms with van der Waals surface area (Å²) < 4.78 is 0.